The molecule has 2 rings (SSSR count). The number of hydrogen-bond donors (Lipinski definition) is 1. The van der Waals surface area contributed by atoms with Crippen molar-refractivity contribution in [2.24, 2.45) is 0 Å². The van der Waals surface area contributed by atoms with Crippen molar-refractivity contribution in [1.82, 2.24) is 9.97 Å². The highest BCUT2D eigenvalue weighted by atomic mass is 16.4. The van der Waals surface area contributed by atoms with E-state index in [4.69, 9.17) is 5.11 Å². The third kappa shape index (κ3) is 3.66. The van der Waals surface area contributed by atoms with E-state index >= 15 is 0 Å². The number of aryl methyl sites for hydroxylation is 1. The van der Waals surface area contributed by atoms with Crippen LogP contribution >= 0.6 is 0 Å². The van der Waals surface area contributed by atoms with Gasteiger partial charge in [0.25, 0.3) is 0 Å². The maximum Gasteiger partial charge on any atom is 0.303 e. The lowest BCUT2D eigenvalue weighted by atomic mass is 10.1. The lowest BCUT2D eigenvalue weighted by molar-refractivity contribution is -0.137. The number of carboxylic acids is 1. The summed E-state index contributed by atoms with van der Waals surface area (Å²) in [5.41, 5.74) is 1.16. The SMILES string of the molecule is CCCc1cnc(N2CCCC2CCC(=O)O)nc1. The van der Waals surface area contributed by atoms with E-state index in [9.17, 15) is 4.79 Å². The van der Waals surface area contributed by atoms with Crippen LogP contribution < -0.4 is 4.90 Å². The van der Waals surface area contributed by atoms with Crippen molar-refractivity contribution in [3.05, 3.63) is 18.0 Å². The van der Waals surface area contributed by atoms with E-state index < -0.39 is 5.97 Å². The minimum absolute atomic E-state index is 0.217. The predicted molar refractivity (Wildman–Crippen MR) is 73.3 cm³/mol. The summed E-state index contributed by atoms with van der Waals surface area (Å²) in [6.07, 6.45) is 8.88. The molecule has 1 aliphatic rings. The number of anilines is 1. The number of aromatic nitrogens is 2. The van der Waals surface area contributed by atoms with E-state index in [-0.39, 0.29) is 12.5 Å². The third-order valence-electron chi connectivity index (χ3n) is 3.56. The average Bonchev–Trinajstić information content (AvgIpc) is 2.86. The molecule has 1 unspecified atom stereocenters. The van der Waals surface area contributed by atoms with Crippen LogP contribution in [0, 0.1) is 0 Å². The molecule has 0 amide bonds. The van der Waals surface area contributed by atoms with Crippen LogP contribution in [0.2, 0.25) is 0 Å². The Kier molecular flexibility index (Phi) is 4.71. The molecule has 1 atom stereocenters. The quantitative estimate of drug-likeness (QED) is 0.852. The highest BCUT2D eigenvalue weighted by Gasteiger charge is 2.26. The van der Waals surface area contributed by atoms with E-state index in [0.717, 1.165) is 43.7 Å². The minimum Gasteiger partial charge on any atom is -0.481 e. The monoisotopic (exact) mass is 263 g/mol. The second-order valence-electron chi connectivity index (χ2n) is 5.06. The zero-order chi connectivity index (χ0) is 13.7. The summed E-state index contributed by atoms with van der Waals surface area (Å²) in [7, 11) is 0. The van der Waals surface area contributed by atoms with Gasteiger partial charge >= 0.3 is 5.97 Å². The van der Waals surface area contributed by atoms with Gasteiger partial charge in [0.15, 0.2) is 0 Å². The molecule has 0 radical (unpaired) electrons. The molecule has 1 aromatic heterocycles. The van der Waals surface area contributed by atoms with E-state index in [2.05, 4.69) is 21.8 Å². The van der Waals surface area contributed by atoms with Crippen molar-refractivity contribution in [2.45, 2.75) is 51.5 Å². The van der Waals surface area contributed by atoms with Crippen molar-refractivity contribution in [1.29, 1.82) is 0 Å². The normalized spacial score (nSPS) is 18.8. The van der Waals surface area contributed by atoms with Crippen molar-refractivity contribution in [3.8, 4) is 0 Å². The zero-order valence-electron chi connectivity index (χ0n) is 11.4. The first-order valence-corrected chi connectivity index (χ1v) is 7.00. The van der Waals surface area contributed by atoms with E-state index in [1.165, 1.54) is 0 Å². The van der Waals surface area contributed by atoms with Crippen LogP contribution in [0.15, 0.2) is 12.4 Å². The summed E-state index contributed by atoms with van der Waals surface area (Å²) in [5, 5.41) is 8.78. The third-order valence-corrected chi connectivity index (χ3v) is 3.56. The number of rotatable bonds is 6. The molecule has 0 aliphatic carbocycles. The fourth-order valence-electron chi connectivity index (χ4n) is 2.60. The largest absolute Gasteiger partial charge is 0.481 e. The Morgan fingerprint density at radius 2 is 2.21 bits per heavy atom. The van der Waals surface area contributed by atoms with Crippen LogP contribution in [-0.2, 0) is 11.2 Å². The van der Waals surface area contributed by atoms with Gasteiger partial charge in [0, 0.05) is 31.4 Å². The number of nitrogens with zero attached hydrogens (tertiary/aromatic N) is 3. The Morgan fingerprint density at radius 3 is 2.84 bits per heavy atom. The minimum atomic E-state index is -0.730. The van der Waals surface area contributed by atoms with Crippen LogP contribution in [-0.4, -0.2) is 33.6 Å². The molecular formula is C14H21N3O2. The molecule has 1 fully saturated rings. The number of carboxylic acid groups (broad SMARTS) is 1. The fraction of sp³-hybridized carbons (Fsp3) is 0.643. The van der Waals surface area contributed by atoms with Gasteiger partial charge in [-0.05, 0) is 31.2 Å². The van der Waals surface area contributed by atoms with Gasteiger partial charge in [0.2, 0.25) is 5.95 Å². The molecule has 5 heteroatoms. The fourth-order valence-corrected chi connectivity index (χ4v) is 2.60. The van der Waals surface area contributed by atoms with Crippen LogP contribution in [0.1, 0.15) is 44.6 Å². The van der Waals surface area contributed by atoms with E-state index in [0.29, 0.717) is 6.42 Å². The van der Waals surface area contributed by atoms with Crippen molar-refractivity contribution < 1.29 is 9.90 Å². The Bertz CT molecular complexity index is 419. The molecule has 1 N–H and O–H groups in total. The molecule has 19 heavy (non-hydrogen) atoms. The lowest BCUT2D eigenvalue weighted by Crippen LogP contribution is -2.31. The van der Waals surface area contributed by atoms with Gasteiger partial charge in [-0.15, -0.1) is 0 Å². The molecule has 5 nitrogen and oxygen atoms in total. The molecule has 1 aliphatic heterocycles. The lowest BCUT2D eigenvalue weighted by Gasteiger charge is -2.24. The molecule has 0 aromatic carbocycles. The summed E-state index contributed by atoms with van der Waals surface area (Å²) in [5.74, 6) is 0.0128. The van der Waals surface area contributed by atoms with Gasteiger partial charge in [-0.2, -0.15) is 0 Å². The molecule has 0 saturated carbocycles. The summed E-state index contributed by atoms with van der Waals surface area (Å²) in [6.45, 7) is 3.06. The standard InChI is InChI=1S/C14H21N3O2/c1-2-4-11-9-15-14(16-10-11)17-8-3-5-12(17)6-7-13(18)19/h9-10,12H,2-8H2,1H3,(H,18,19). The highest BCUT2D eigenvalue weighted by molar-refractivity contribution is 5.66. The second-order valence-corrected chi connectivity index (χ2v) is 5.06. The highest BCUT2D eigenvalue weighted by Crippen LogP contribution is 2.25. The number of carbonyl (C=O) groups is 1. The summed E-state index contributed by atoms with van der Waals surface area (Å²) in [6, 6.07) is 0.271. The van der Waals surface area contributed by atoms with Gasteiger partial charge in [-0.25, -0.2) is 9.97 Å². The molecule has 0 bridgehead atoms. The molecule has 1 saturated heterocycles. The molecule has 2 heterocycles. The van der Waals surface area contributed by atoms with Gasteiger partial charge in [0.05, 0.1) is 0 Å². The Balaban J connectivity index is 2.00. The van der Waals surface area contributed by atoms with E-state index in [1.54, 1.807) is 0 Å². The summed E-state index contributed by atoms with van der Waals surface area (Å²) < 4.78 is 0. The Labute approximate surface area is 113 Å². The Morgan fingerprint density at radius 1 is 1.47 bits per heavy atom. The van der Waals surface area contributed by atoms with Crippen LogP contribution in [0.25, 0.3) is 0 Å². The van der Waals surface area contributed by atoms with Crippen LogP contribution in [0.5, 0.6) is 0 Å². The smallest absolute Gasteiger partial charge is 0.303 e. The second kappa shape index (κ2) is 6.50. The first kappa shape index (κ1) is 13.8. The van der Waals surface area contributed by atoms with Gasteiger partial charge in [-0.3, -0.25) is 4.79 Å². The zero-order valence-corrected chi connectivity index (χ0v) is 11.4. The maximum atomic E-state index is 10.7. The van der Waals surface area contributed by atoms with E-state index in [1.807, 2.05) is 12.4 Å². The topological polar surface area (TPSA) is 66.3 Å². The summed E-state index contributed by atoms with van der Waals surface area (Å²) in [4.78, 5) is 21.7. The Hall–Kier alpha value is -1.65. The molecule has 1 aromatic rings. The molecular weight excluding hydrogens is 242 g/mol. The first-order valence-electron chi connectivity index (χ1n) is 7.00. The van der Waals surface area contributed by atoms with Gasteiger partial charge in [0.1, 0.15) is 0 Å². The number of aliphatic carboxylic acids is 1. The summed E-state index contributed by atoms with van der Waals surface area (Å²) >= 11 is 0. The molecule has 0 spiro atoms. The maximum absolute atomic E-state index is 10.7. The number of hydrogen-bond acceptors (Lipinski definition) is 4. The van der Waals surface area contributed by atoms with Crippen LogP contribution in [0.3, 0.4) is 0 Å². The predicted octanol–water partition coefficient (Wildman–Crippen LogP) is 2.26. The van der Waals surface area contributed by atoms with Crippen molar-refractivity contribution in [2.75, 3.05) is 11.4 Å². The molecule has 104 valence electrons. The van der Waals surface area contributed by atoms with Gasteiger partial charge < -0.3 is 10.0 Å². The van der Waals surface area contributed by atoms with Crippen LogP contribution in [0.4, 0.5) is 5.95 Å². The van der Waals surface area contributed by atoms with Crippen molar-refractivity contribution >= 4 is 11.9 Å². The van der Waals surface area contributed by atoms with Gasteiger partial charge in [-0.1, -0.05) is 13.3 Å². The van der Waals surface area contributed by atoms with Crippen molar-refractivity contribution in [3.63, 3.8) is 0 Å². The average molecular weight is 263 g/mol. The first-order chi connectivity index (χ1) is 9.20.